The summed E-state index contributed by atoms with van der Waals surface area (Å²) in [4.78, 5) is 0. The van der Waals surface area contributed by atoms with Gasteiger partial charge in [-0.1, -0.05) is 6.92 Å². The molecule has 1 saturated carbocycles. The first-order valence-electron chi connectivity index (χ1n) is 3.61. The molecule has 9 heavy (non-hydrogen) atoms. The highest BCUT2D eigenvalue weighted by Crippen LogP contribution is 2.41. The van der Waals surface area contributed by atoms with Crippen molar-refractivity contribution in [2.75, 3.05) is 0 Å². The Morgan fingerprint density at radius 3 is 3.11 bits per heavy atom. The molecule has 0 aromatic rings. The summed E-state index contributed by atoms with van der Waals surface area (Å²) in [7, 11) is 0. The predicted molar refractivity (Wildman–Crippen MR) is 36.5 cm³/mol. The van der Waals surface area contributed by atoms with E-state index in [1.54, 1.807) is 0 Å². The second kappa shape index (κ2) is 1.49. The normalized spacial score (nSPS) is 47.7. The first kappa shape index (κ1) is 5.27. The molecule has 0 amide bonds. The highest BCUT2D eigenvalue weighted by molar-refractivity contribution is 5.81. The smallest absolute Gasteiger partial charge is 0.0936 e. The molecule has 3 atom stereocenters. The van der Waals surface area contributed by atoms with Crippen molar-refractivity contribution < 1.29 is 0 Å². The Morgan fingerprint density at radius 2 is 2.44 bits per heavy atom. The molecule has 50 valence electrons. The number of hydrogen-bond donors (Lipinski definition) is 2. The standard InChI is InChI=1S/C7H12N2/c1-4-2-7(8)9-6-3-5(4)6/h4-6H,2-3H2,1H3,(H2,8,9)/t4-,5-,6+/m1/s1. The van der Waals surface area contributed by atoms with Gasteiger partial charge in [-0.05, 0) is 18.3 Å². The molecule has 1 saturated heterocycles. The lowest BCUT2D eigenvalue weighted by molar-refractivity contribution is 0.473. The molecule has 0 spiro atoms. The van der Waals surface area contributed by atoms with E-state index in [0.717, 1.165) is 24.1 Å². The van der Waals surface area contributed by atoms with E-state index in [4.69, 9.17) is 5.41 Å². The molecule has 1 aliphatic carbocycles. The van der Waals surface area contributed by atoms with Crippen LogP contribution in [0.1, 0.15) is 19.8 Å². The molecule has 2 aliphatic rings. The molecule has 1 heterocycles. The van der Waals surface area contributed by atoms with Gasteiger partial charge in [-0.2, -0.15) is 0 Å². The summed E-state index contributed by atoms with van der Waals surface area (Å²) < 4.78 is 0. The second-order valence-corrected chi connectivity index (χ2v) is 3.31. The van der Waals surface area contributed by atoms with E-state index < -0.39 is 0 Å². The Bertz CT molecular complexity index is 153. The van der Waals surface area contributed by atoms with Crippen molar-refractivity contribution in [3.63, 3.8) is 0 Å². The lowest BCUT2D eigenvalue weighted by atomic mass is 9.99. The second-order valence-electron chi connectivity index (χ2n) is 3.31. The molecule has 2 nitrogen and oxygen atoms in total. The molecule has 0 unspecified atom stereocenters. The summed E-state index contributed by atoms with van der Waals surface area (Å²) >= 11 is 0. The highest BCUT2D eigenvalue weighted by Gasteiger charge is 2.44. The summed E-state index contributed by atoms with van der Waals surface area (Å²) in [6.45, 7) is 2.25. The molecule has 2 N–H and O–H groups in total. The molecule has 0 aromatic carbocycles. The number of amidine groups is 1. The van der Waals surface area contributed by atoms with Gasteiger partial charge in [-0.25, -0.2) is 0 Å². The quantitative estimate of drug-likeness (QED) is 0.496. The maximum Gasteiger partial charge on any atom is 0.0936 e. The van der Waals surface area contributed by atoms with Crippen LogP contribution >= 0.6 is 0 Å². The van der Waals surface area contributed by atoms with Crippen LogP contribution in [0.5, 0.6) is 0 Å². The van der Waals surface area contributed by atoms with Gasteiger partial charge in [0.2, 0.25) is 0 Å². The number of nitrogens with one attached hydrogen (secondary N) is 2. The summed E-state index contributed by atoms with van der Waals surface area (Å²) in [6.07, 6.45) is 2.28. The van der Waals surface area contributed by atoms with E-state index in [2.05, 4.69) is 12.2 Å². The first-order chi connectivity index (χ1) is 4.27. The van der Waals surface area contributed by atoms with Crippen molar-refractivity contribution in [3.05, 3.63) is 0 Å². The van der Waals surface area contributed by atoms with Gasteiger partial charge in [0, 0.05) is 12.5 Å². The summed E-state index contributed by atoms with van der Waals surface area (Å²) in [6, 6.07) is 0.682. The van der Waals surface area contributed by atoms with Crippen LogP contribution in [0.4, 0.5) is 0 Å². The van der Waals surface area contributed by atoms with Crippen molar-refractivity contribution >= 4 is 5.84 Å². The third-order valence-corrected chi connectivity index (χ3v) is 2.46. The zero-order valence-corrected chi connectivity index (χ0v) is 5.65. The van der Waals surface area contributed by atoms with Gasteiger partial charge in [0.15, 0.2) is 0 Å². The third-order valence-electron chi connectivity index (χ3n) is 2.46. The maximum atomic E-state index is 7.36. The van der Waals surface area contributed by atoms with Crippen molar-refractivity contribution in [2.24, 2.45) is 11.8 Å². The zero-order chi connectivity index (χ0) is 6.43. The Balaban J connectivity index is 2.07. The van der Waals surface area contributed by atoms with Gasteiger partial charge in [-0.3, -0.25) is 5.41 Å². The average molecular weight is 124 g/mol. The Kier molecular flexibility index (Phi) is 0.875. The fourth-order valence-corrected chi connectivity index (χ4v) is 1.77. The van der Waals surface area contributed by atoms with Crippen molar-refractivity contribution in [1.82, 2.24) is 5.32 Å². The van der Waals surface area contributed by atoms with Crippen molar-refractivity contribution in [2.45, 2.75) is 25.8 Å². The van der Waals surface area contributed by atoms with Crippen LogP contribution in [0.25, 0.3) is 0 Å². The molecule has 0 aromatic heterocycles. The zero-order valence-electron chi connectivity index (χ0n) is 5.65. The van der Waals surface area contributed by atoms with Gasteiger partial charge in [0.25, 0.3) is 0 Å². The van der Waals surface area contributed by atoms with Crippen molar-refractivity contribution in [1.29, 1.82) is 5.41 Å². The molecule has 0 radical (unpaired) electrons. The summed E-state index contributed by atoms with van der Waals surface area (Å²) in [5.41, 5.74) is 0. The van der Waals surface area contributed by atoms with Crippen LogP contribution in [0.3, 0.4) is 0 Å². The topological polar surface area (TPSA) is 35.9 Å². The van der Waals surface area contributed by atoms with Gasteiger partial charge >= 0.3 is 0 Å². The molecular weight excluding hydrogens is 112 g/mol. The van der Waals surface area contributed by atoms with Crippen LogP contribution in [-0.4, -0.2) is 11.9 Å². The predicted octanol–water partition coefficient (Wildman–Crippen LogP) is 0.982. The Hall–Kier alpha value is -0.530. The minimum atomic E-state index is 0.682. The van der Waals surface area contributed by atoms with Crippen LogP contribution in [0.2, 0.25) is 0 Å². The van der Waals surface area contributed by atoms with E-state index in [1.165, 1.54) is 6.42 Å². The highest BCUT2D eigenvalue weighted by atomic mass is 15.0. The van der Waals surface area contributed by atoms with Crippen molar-refractivity contribution in [3.8, 4) is 0 Å². The minimum absolute atomic E-state index is 0.682. The number of hydrogen-bond acceptors (Lipinski definition) is 1. The molecule has 2 fully saturated rings. The number of fused-ring (bicyclic) bond motifs is 1. The number of rotatable bonds is 0. The van der Waals surface area contributed by atoms with Crippen LogP contribution in [0.15, 0.2) is 0 Å². The summed E-state index contributed by atoms with van der Waals surface area (Å²) in [5.74, 6) is 2.42. The van der Waals surface area contributed by atoms with Gasteiger partial charge in [-0.15, -0.1) is 0 Å². The lowest BCUT2D eigenvalue weighted by Gasteiger charge is -2.18. The van der Waals surface area contributed by atoms with E-state index >= 15 is 0 Å². The Morgan fingerprint density at radius 1 is 1.67 bits per heavy atom. The monoisotopic (exact) mass is 124 g/mol. The fraction of sp³-hybridized carbons (Fsp3) is 0.857. The van der Waals surface area contributed by atoms with Crippen LogP contribution < -0.4 is 5.32 Å². The van der Waals surface area contributed by atoms with Gasteiger partial charge < -0.3 is 5.32 Å². The van der Waals surface area contributed by atoms with Crippen LogP contribution in [-0.2, 0) is 0 Å². The number of piperidine rings is 1. The largest absolute Gasteiger partial charge is 0.371 e. The van der Waals surface area contributed by atoms with E-state index in [1.807, 2.05) is 0 Å². The fourth-order valence-electron chi connectivity index (χ4n) is 1.77. The van der Waals surface area contributed by atoms with E-state index in [0.29, 0.717) is 6.04 Å². The van der Waals surface area contributed by atoms with Gasteiger partial charge in [0.1, 0.15) is 0 Å². The van der Waals surface area contributed by atoms with Crippen LogP contribution in [0, 0.1) is 17.2 Å². The average Bonchev–Trinajstić information content (AvgIpc) is 2.43. The molecule has 0 bridgehead atoms. The summed E-state index contributed by atoms with van der Waals surface area (Å²) in [5, 5.41) is 10.5. The minimum Gasteiger partial charge on any atom is -0.371 e. The molecule has 1 aliphatic heterocycles. The molecular formula is C7H12N2. The van der Waals surface area contributed by atoms with Gasteiger partial charge in [0.05, 0.1) is 5.84 Å². The molecule has 2 rings (SSSR count). The third kappa shape index (κ3) is 0.732. The molecule has 2 heteroatoms. The SMILES string of the molecule is C[C@@H]1CC(=N)N[C@H]2C[C@H]12. The first-order valence-corrected chi connectivity index (χ1v) is 3.61. The van der Waals surface area contributed by atoms with E-state index in [-0.39, 0.29) is 0 Å². The lowest BCUT2D eigenvalue weighted by Crippen LogP contribution is -2.33. The van der Waals surface area contributed by atoms with E-state index in [9.17, 15) is 0 Å². The maximum absolute atomic E-state index is 7.36. The Labute approximate surface area is 55.2 Å².